The minimum atomic E-state index is -0.705. The first-order valence-electron chi connectivity index (χ1n) is 5.10. The molecule has 2 rings (SSSR count). The lowest BCUT2D eigenvalue weighted by Crippen LogP contribution is -2.24. The zero-order chi connectivity index (χ0) is 11.5. The number of nitrogens with two attached hydrogens (primary N) is 1. The van der Waals surface area contributed by atoms with Gasteiger partial charge in [-0.25, -0.2) is 4.79 Å². The third-order valence-electron chi connectivity index (χ3n) is 2.44. The maximum atomic E-state index is 11.6. The fourth-order valence-electron chi connectivity index (χ4n) is 1.58. The van der Waals surface area contributed by atoms with Crippen LogP contribution in [-0.2, 0) is 6.42 Å². The van der Waals surface area contributed by atoms with Crippen LogP contribution in [0.2, 0.25) is 0 Å². The fraction of sp³-hybridized carbons (Fsp3) is 0.250. The van der Waals surface area contributed by atoms with Gasteiger partial charge in [0.25, 0.3) is 0 Å². The summed E-state index contributed by atoms with van der Waals surface area (Å²) >= 11 is 0. The zero-order valence-corrected chi connectivity index (χ0v) is 8.72. The molecule has 1 heterocycles. The van der Waals surface area contributed by atoms with E-state index in [-0.39, 0.29) is 13.0 Å². The molecule has 0 spiro atoms. The molecule has 0 radical (unpaired) electrons. The third-order valence-corrected chi connectivity index (χ3v) is 2.44. The van der Waals surface area contributed by atoms with E-state index in [1.165, 1.54) is 0 Å². The molecular weight excluding hydrogens is 206 g/mol. The SMILES string of the molecule is NCC(O)Cc1cc2ccccc2oc1=O. The van der Waals surface area contributed by atoms with Crippen molar-refractivity contribution in [3.05, 3.63) is 46.3 Å². The summed E-state index contributed by atoms with van der Waals surface area (Å²) in [4.78, 5) is 11.6. The second-order valence-corrected chi connectivity index (χ2v) is 3.69. The summed E-state index contributed by atoms with van der Waals surface area (Å²) in [5.74, 6) is 0. The predicted molar refractivity (Wildman–Crippen MR) is 61.2 cm³/mol. The van der Waals surface area contributed by atoms with Crippen molar-refractivity contribution in [2.24, 2.45) is 5.73 Å². The zero-order valence-electron chi connectivity index (χ0n) is 8.72. The molecule has 1 atom stereocenters. The van der Waals surface area contributed by atoms with E-state index in [2.05, 4.69) is 0 Å². The minimum absolute atomic E-state index is 0.131. The van der Waals surface area contributed by atoms with Crippen LogP contribution in [0.1, 0.15) is 5.56 Å². The van der Waals surface area contributed by atoms with Crippen LogP contribution in [-0.4, -0.2) is 17.8 Å². The van der Waals surface area contributed by atoms with E-state index in [0.29, 0.717) is 11.1 Å². The van der Waals surface area contributed by atoms with Gasteiger partial charge in [0.2, 0.25) is 0 Å². The van der Waals surface area contributed by atoms with Gasteiger partial charge in [-0.3, -0.25) is 0 Å². The Morgan fingerprint density at radius 1 is 1.38 bits per heavy atom. The first kappa shape index (κ1) is 10.9. The number of rotatable bonds is 3. The quantitative estimate of drug-likeness (QED) is 0.743. The normalized spacial score (nSPS) is 12.9. The largest absolute Gasteiger partial charge is 0.423 e. The van der Waals surface area contributed by atoms with Crippen molar-refractivity contribution in [1.29, 1.82) is 0 Å². The lowest BCUT2D eigenvalue weighted by molar-refractivity contribution is 0.182. The Morgan fingerprint density at radius 2 is 2.12 bits per heavy atom. The minimum Gasteiger partial charge on any atom is -0.423 e. The summed E-state index contributed by atoms with van der Waals surface area (Å²) in [7, 11) is 0. The van der Waals surface area contributed by atoms with Crippen molar-refractivity contribution in [2.45, 2.75) is 12.5 Å². The second kappa shape index (κ2) is 4.47. The summed E-state index contributed by atoms with van der Waals surface area (Å²) in [6.07, 6.45) is -0.479. The molecule has 4 nitrogen and oxygen atoms in total. The van der Waals surface area contributed by atoms with Gasteiger partial charge in [0, 0.05) is 23.9 Å². The Morgan fingerprint density at radius 3 is 2.88 bits per heavy atom. The van der Waals surface area contributed by atoms with Crippen molar-refractivity contribution in [1.82, 2.24) is 0 Å². The van der Waals surface area contributed by atoms with Gasteiger partial charge in [0.1, 0.15) is 5.58 Å². The monoisotopic (exact) mass is 219 g/mol. The second-order valence-electron chi connectivity index (χ2n) is 3.69. The van der Waals surface area contributed by atoms with E-state index in [4.69, 9.17) is 10.2 Å². The molecule has 1 unspecified atom stereocenters. The average molecular weight is 219 g/mol. The number of aliphatic hydroxyl groups excluding tert-OH is 1. The summed E-state index contributed by atoms with van der Waals surface area (Å²) in [5, 5.41) is 10.3. The van der Waals surface area contributed by atoms with E-state index in [0.717, 1.165) is 5.39 Å². The summed E-state index contributed by atoms with van der Waals surface area (Å²) in [5.41, 5.74) is 5.90. The third kappa shape index (κ3) is 2.13. The first-order chi connectivity index (χ1) is 7.70. The lowest BCUT2D eigenvalue weighted by atomic mass is 10.1. The predicted octanol–water partition coefficient (Wildman–Crippen LogP) is 0.655. The van der Waals surface area contributed by atoms with Crippen LogP contribution in [0.15, 0.2) is 39.5 Å². The molecule has 0 aliphatic rings. The Hall–Kier alpha value is -1.65. The van der Waals surface area contributed by atoms with E-state index in [9.17, 15) is 9.90 Å². The van der Waals surface area contributed by atoms with Crippen LogP contribution in [0.5, 0.6) is 0 Å². The molecule has 4 heteroatoms. The van der Waals surface area contributed by atoms with E-state index in [1.54, 1.807) is 18.2 Å². The van der Waals surface area contributed by atoms with E-state index >= 15 is 0 Å². The van der Waals surface area contributed by atoms with Crippen LogP contribution in [0.3, 0.4) is 0 Å². The molecule has 2 aromatic rings. The summed E-state index contributed by atoms with van der Waals surface area (Å²) < 4.78 is 5.13. The van der Waals surface area contributed by atoms with Crippen molar-refractivity contribution >= 4 is 11.0 Å². The highest BCUT2D eigenvalue weighted by molar-refractivity contribution is 5.76. The van der Waals surface area contributed by atoms with Crippen molar-refractivity contribution in [3.8, 4) is 0 Å². The maximum Gasteiger partial charge on any atom is 0.339 e. The first-order valence-corrected chi connectivity index (χ1v) is 5.10. The lowest BCUT2D eigenvalue weighted by Gasteiger charge is -2.06. The molecule has 84 valence electrons. The van der Waals surface area contributed by atoms with Crippen LogP contribution >= 0.6 is 0 Å². The molecule has 0 aliphatic carbocycles. The van der Waals surface area contributed by atoms with Gasteiger partial charge in [-0.15, -0.1) is 0 Å². The number of para-hydroxylation sites is 1. The van der Waals surface area contributed by atoms with Gasteiger partial charge in [-0.1, -0.05) is 18.2 Å². The van der Waals surface area contributed by atoms with Gasteiger partial charge in [-0.2, -0.15) is 0 Å². The van der Waals surface area contributed by atoms with Crippen LogP contribution in [0.4, 0.5) is 0 Å². The highest BCUT2D eigenvalue weighted by Crippen LogP contribution is 2.13. The molecule has 1 aromatic carbocycles. The highest BCUT2D eigenvalue weighted by atomic mass is 16.4. The smallest absolute Gasteiger partial charge is 0.339 e. The number of hydrogen-bond acceptors (Lipinski definition) is 4. The van der Waals surface area contributed by atoms with Crippen LogP contribution < -0.4 is 11.4 Å². The van der Waals surface area contributed by atoms with Gasteiger partial charge in [0.15, 0.2) is 0 Å². The molecule has 0 aliphatic heterocycles. The molecule has 0 saturated carbocycles. The average Bonchev–Trinajstić information content (AvgIpc) is 2.30. The maximum absolute atomic E-state index is 11.6. The molecular formula is C12H13NO3. The molecule has 1 aromatic heterocycles. The summed E-state index contributed by atoms with van der Waals surface area (Å²) in [6.45, 7) is 0.131. The Balaban J connectivity index is 2.46. The highest BCUT2D eigenvalue weighted by Gasteiger charge is 2.09. The van der Waals surface area contributed by atoms with Gasteiger partial charge < -0.3 is 15.3 Å². The molecule has 16 heavy (non-hydrogen) atoms. The summed E-state index contributed by atoms with van der Waals surface area (Å²) in [6, 6.07) is 9.00. The number of benzene rings is 1. The Kier molecular flexibility index (Phi) is 3.03. The standard InChI is InChI=1S/C12H13NO3/c13-7-10(14)6-9-5-8-3-1-2-4-11(8)16-12(9)15/h1-5,10,14H,6-7,13H2. The van der Waals surface area contributed by atoms with Gasteiger partial charge >= 0.3 is 5.63 Å². The molecule has 3 N–H and O–H groups in total. The van der Waals surface area contributed by atoms with Crippen LogP contribution in [0.25, 0.3) is 11.0 Å². The molecule has 0 amide bonds. The van der Waals surface area contributed by atoms with Crippen molar-refractivity contribution in [3.63, 3.8) is 0 Å². The van der Waals surface area contributed by atoms with Gasteiger partial charge in [0.05, 0.1) is 6.10 Å². The van der Waals surface area contributed by atoms with E-state index in [1.807, 2.05) is 12.1 Å². The number of aliphatic hydroxyl groups is 1. The topological polar surface area (TPSA) is 76.5 Å². The number of hydrogen-bond donors (Lipinski definition) is 2. The van der Waals surface area contributed by atoms with Gasteiger partial charge in [-0.05, 0) is 12.1 Å². The Bertz CT molecular complexity index is 547. The van der Waals surface area contributed by atoms with Crippen LogP contribution in [0, 0.1) is 0 Å². The van der Waals surface area contributed by atoms with Crippen molar-refractivity contribution in [2.75, 3.05) is 6.54 Å². The van der Waals surface area contributed by atoms with E-state index < -0.39 is 11.7 Å². The molecule has 0 bridgehead atoms. The Labute approximate surface area is 92.3 Å². The fourth-order valence-corrected chi connectivity index (χ4v) is 1.58. The van der Waals surface area contributed by atoms with Crippen molar-refractivity contribution < 1.29 is 9.52 Å². The molecule has 0 fully saturated rings. The number of fused-ring (bicyclic) bond motifs is 1. The molecule has 0 saturated heterocycles.